The van der Waals surface area contributed by atoms with Crippen molar-refractivity contribution in [1.29, 1.82) is 0 Å². The van der Waals surface area contributed by atoms with Gasteiger partial charge in [-0.3, -0.25) is 0 Å². The van der Waals surface area contributed by atoms with Gasteiger partial charge in [0, 0.05) is 6.21 Å². The third kappa shape index (κ3) is 2.22. The van der Waals surface area contributed by atoms with E-state index in [1.807, 2.05) is 12.3 Å². The highest BCUT2D eigenvalue weighted by Crippen LogP contribution is 2.32. The van der Waals surface area contributed by atoms with Crippen molar-refractivity contribution in [3.05, 3.63) is 11.5 Å². The Kier molecular flexibility index (Phi) is 2.34. The summed E-state index contributed by atoms with van der Waals surface area (Å²) >= 11 is -0.0957. The maximum atomic E-state index is 4.30. The van der Waals surface area contributed by atoms with Gasteiger partial charge in [0.2, 0.25) is 0 Å². The van der Waals surface area contributed by atoms with E-state index in [-0.39, 0.29) is 11.1 Å². The van der Waals surface area contributed by atoms with Gasteiger partial charge in [-0.2, -0.15) is 0 Å². The lowest BCUT2D eigenvalue weighted by Gasteiger charge is -2.10. The molecule has 0 saturated heterocycles. The molecule has 0 aromatic rings. The van der Waals surface area contributed by atoms with Gasteiger partial charge in [-0.15, -0.1) is 11.1 Å². The van der Waals surface area contributed by atoms with Crippen LogP contribution in [-0.2, 0) is 0 Å². The van der Waals surface area contributed by atoms with Crippen molar-refractivity contribution < 1.29 is 0 Å². The predicted molar refractivity (Wildman–Crippen MR) is 46.3 cm³/mol. The fourth-order valence-electron chi connectivity index (χ4n) is 0.783. The molecule has 1 atom stereocenters. The molecular formula is C7H13NS. The van der Waals surface area contributed by atoms with Crippen molar-refractivity contribution in [1.82, 2.24) is 0 Å². The summed E-state index contributed by atoms with van der Waals surface area (Å²) in [5.41, 5.74) is 0. The average molecular weight is 143 g/mol. The SMILES string of the molecule is CC(C)C[SH]1C=CC=N1. The van der Waals surface area contributed by atoms with Crippen LogP contribution in [0.4, 0.5) is 0 Å². The van der Waals surface area contributed by atoms with Crippen LogP contribution in [0.2, 0.25) is 0 Å². The van der Waals surface area contributed by atoms with Gasteiger partial charge in [-0.1, -0.05) is 13.8 Å². The van der Waals surface area contributed by atoms with Crippen molar-refractivity contribution in [2.45, 2.75) is 13.8 Å². The minimum Gasteiger partial charge on any atom is -0.245 e. The van der Waals surface area contributed by atoms with Crippen LogP contribution < -0.4 is 0 Å². The topological polar surface area (TPSA) is 12.4 Å². The maximum Gasteiger partial charge on any atom is 0.0338 e. The molecule has 0 amide bonds. The second-order valence-electron chi connectivity index (χ2n) is 2.62. The summed E-state index contributed by atoms with van der Waals surface area (Å²) in [5, 5.41) is 2.22. The molecule has 0 N–H and O–H groups in total. The van der Waals surface area contributed by atoms with Crippen molar-refractivity contribution >= 4 is 17.3 Å². The van der Waals surface area contributed by atoms with Crippen LogP contribution in [0.5, 0.6) is 0 Å². The lowest BCUT2D eigenvalue weighted by atomic mass is 10.3. The molecule has 52 valence electrons. The van der Waals surface area contributed by atoms with E-state index in [0.717, 1.165) is 5.92 Å². The van der Waals surface area contributed by atoms with Gasteiger partial charge in [0.05, 0.1) is 0 Å². The molecule has 0 spiro atoms. The molecule has 0 aromatic heterocycles. The molecule has 0 saturated carbocycles. The highest BCUT2D eigenvalue weighted by atomic mass is 32.2. The molecular weight excluding hydrogens is 130 g/mol. The molecule has 2 heteroatoms. The summed E-state index contributed by atoms with van der Waals surface area (Å²) in [6.45, 7) is 4.48. The molecule has 1 heterocycles. The van der Waals surface area contributed by atoms with Crippen LogP contribution in [0.25, 0.3) is 0 Å². The molecule has 1 nitrogen and oxygen atoms in total. The van der Waals surface area contributed by atoms with Crippen LogP contribution in [-0.4, -0.2) is 12.0 Å². The predicted octanol–water partition coefficient (Wildman–Crippen LogP) is 2.16. The van der Waals surface area contributed by atoms with E-state index < -0.39 is 0 Å². The van der Waals surface area contributed by atoms with Crippen LogP contribution in [0.15, 0.2) is 15.9 Å². The molecule has 1 unspecified atom stereocenters. The number of rotatable bonds is 2. The summed E-state index contributed by atoms with van der Waals surface area (Å²) < 4.78 is 4.30. The standard InChI is InChI=1S/C7H13NS/c1-7(2)6-9-5-3-4-8-9/h3-5,7,9H,6H2,1-2H3. The largest absolute Gasteiger partial charge is 0.245 e. The van der Waals surface area contributed by atoms with E-state index in [9.17, 15) is 0 Å². The van der Waals surface area contributed by atoms with E-state index in [1.165, 1.54) is 5.75 Å². The highest BCUT2D eigenvalue weighted by Gasteiger charge is 2.01. The molecule has 0 aliphatic carbocycles. The third-order valence-electron chi connectivity index (χ3n) is 1.11. The number of thiol groups is 1. The van der Waals surface area contributed by atoms with Crippen molar-refractivity contribution in [3.8, 4) is 0 Å². The molecule has 1 aliphatic heterocycles. The van der Waals surface area contributed by atoms with Crippen molar-refractivity contribution in [2.24, 2.45) is 10.3 Å². The highest BCUT2D eigenvalue weighted by molar-refractivity contribution is 8.18. The number of allylic oxidation sites excluding steroid dienone is 1. The number of hydrogen-bond acceptors (Lipinski definition) is 1. The van der Waals surface area contributed by atoms with Crippen LogP contribution in [0.1, 0.15) is 13.8 Å². The first-order valence-electron chi connectivity index (χ1n) is 3.26. The summed E-state index contributed by atoms with van der Waals surface area (Å²) in [5.74, 6) is 2.04. The number of nitrogens with zero attached hydrogens (tertiary/aromatic N) is 1. The normalized spacial score (nSPS) is 28.1. The fraction of sp³-hybridized carbons (Fsp3) is 0.571. The third-order valence-corrected chi connectivity index (χ3v) is 3.16. The smallest absolute Gasteiger partial charge is 0.0338 e. The summed E-state index contributed by atoms with van der Waals surface area (Å²) in [4.78, 5) is 0. The Hall–Kier alpha value is -0.240. The molecule has 9 heavy (non-hydrogen) atoms. The lowest BCUT2D eigenvalue weighted by Crippen LogP contribution is -1.92. The van der Waals surface area contributed by atoms with Crippen molar-refractivity contribution in [2.75, 3.05) is 5.75 Å². The zero-order valence-corrected chi connectivity index (χ0v) is 6.81. The molecule has 0 aromatic carbocycles. The second-order valence-corrected chi connectivity index (χ2v) is 4.40. The average Bonchev–Trinajstić information content (AvgIpc) is 2.15. The summed E-state index contributed by atoms with van der Waals surface area (Å²) in [6, 6.07) is 0. The number of hydrogen-bond donors (Lipinski definition) is 1. The fourth-order valence-corrected chi connectivity index (χ4v) is 2.35. The summed E-state index contributed by atoms with van der Waals surface area (Å²) in [7, 11) is 0. The van der Waals surface area contributed by atoms with E-state index in [2.05, 4.69) is 23.7 Å². The Morgan fingerprint density at radius 2 is 2.33 bits per heavy atom. The van der Waals surface area contributed by atoms with Crippen molar-refractivity contribution in [3.63, 3.8) is 0 Å². The van der Waals surface area contributed by atoms with E-state index in [1.54, 1.807) is 0 Å². The van der Waals surface area contributed by atoms with Crippen LogP contribution in [0.3, 0.4) is 0 Å². The van der Waals surface area contributed by atoms with E-state index >= 15 is 0 Å². The van der Waals surface area contributed by atoms with Gasteiger partial charge >= 0.3 is 0 Å². The Morgan fingerprint density at radius 3 is 2.78 bits per heavy atom. The first kappa shape index (κ1) is 6.87. The van der Waals surface area contributed by atoms with Crippen LogP contribution in [0, 0.1) is 5.92 Å². The minimum absolute atomic E-state index is 0.0957. The van der Waals surface area contributed by atoms with E-state index in [4.69, 9.17) is 0 Å². The van der Waals surface area contributed by atoms with Crippen LogP contribution >= 0.6 is 11.1 Å². The first-order chi connectivity index (χ1) is 4.29. The summed E-state index contributed by atoms with van der Waals surface area (Å²) in [6.07, 6.45) is 3.96. The molecule has 0 fully saturated rings. The van der Waals surface area contributed by atoms with Gasteiger partial charge in [-0.05, 0) is 23.2 Å². The molecule has 0 radical (unpaired) electrons. The zero-order valence-electron chi connectivity index (χ0n) is 5.91. The Labute approximate surface area is 59.4 Å². The molecule has 0 bridgehead atoms. The maximum absolute atomic E-state index is 4.30. The minimum atomic E-state index is -0.0957. The lowest BCUT2D eigenvalue weighted by molar-refractivity contribution is 0.749. The monoisotopic (exact) mass is 143 g/mol. The van der Waals surface area contributed by atoms with Gasteiger partial charge in [0.15, 0.2) is 0 Å². The Morgan fingerprint density at radius 1 is 1.56 bits per heavy atom. The zero-order chi connectivity index (χ0) is 6.69. The first-order valence-corrected chi connectivity index (χ1v) is 4.81. The Bertz CT molecular complexity index is 126. The van der Waals surface area contributed by atoms with E-state index in [0.29, 0.717) is 0 Å². The van der Waals surface area contributed by atoms with Gasteiger partial charge in [-0.25, -0.2) is 4.40 Å². The molecule has 1 rings (SSSR count). The quantitative estimate of drug-likeness (QED) is 0.569. The molecule has 1 aliphatic rings. The van der Waals surface area contributed by atoms with Gasteiger partial charge < -0.3 is 0 Å². The Balaban J connectivity index is 2.29. The van der Waals surface area contributed by atoms with Gasteiger partial charge in [0.1, 0.15) is 0 Å². The van der Waals surface area contributed by atoms with Gasteiger partial charge in [0.25, 0.3) is 0 Å². The second kappa shape index (κ2) is 3.06.